The van der Waals surface area contributed by atoms with Crippen molar-refractivity contribution >= 4 is 34.2 Å². The van der Waals surface area contributed by atoms with E-state index in [1.165, 1.54) is 19.2 Å². The van der Waals surface area contributed by atoms with E-state index in [1.807, 2.05) is 6.07 Å². The molecule has 2 aromatic heterocycles. The Balaban J connectivity index is 1.91. The zero-order chi connectivity index (χ0) is 19.8. The van der Waals surface area contributed by atoms with Crippen LogP contribution >= 0.6 is 11.3 Å². The highest BCUT2D eigenvalue weighted by Gasteiger charge is 2.22. The molecule has 2 heterocycles. The van der Waals surface area contributed by atoms with E-state index >= 15 is 0 Å². The number of carboxylic acid groups (broad SMARTS) is 1. The molecule has 5 nitrogen and oxygen atoms in total. The standard InChI is InChI=1S/C21H14FNO4S/c1-23-20(24)18-14-10-12(16-8-9-17(28-16)21(25)26)4-7-15(14)27-19(18)11-2-5-13(22)6-3-11/h2-10H,1H3,(H,23,24)(H,25,26). The van der Waals surface area contributed by atoms with Gasteiger partial charge in [-0.25, -0.2) is 9.18 Å². The number of thiophene rings is 1. The topological polar surface area (TPSA) is 79.5 Å². The Kier molecular flexibility index (Phi) is 4.44. The molecular weight excluding hydrogens is 381 g/mol. The summed E-state index contributed by atoms with van der Waals surface area (Å²) in [6.07, 6.45) is 0. The SMILES string of the molecule is CNC(=O)c1c(-c2ccc(F)cc2)oc2ccc(-c3ccc(C(=O)O)s3)cc12. The summed E-state index contributed by atoms with van der Waals surface area (Å²) in [7, 11) is 1.53. The van der Waals surface area contributed by atoms with Crippen LogP contribution < -0.4 is 5.32 Å². The second kappa shape index (κ2) is 6.94. The largest absolute Gasteiger partial charge is 0.477 e. The van der Waals surface area contributed by atoms with Gasteiger partial charge in [-0.15, -0.1) is 11.3 Å². The summed E-state index contributed by atoms with van der Waals surface area (Å²) in [4.78, 5) is 24.7. The fourth-order valence-electron chi connectivity index (χ4n) is 3.01. The Morgan fingerprint density at radius 1 is 1.04 bits per heavy atom. The average Bonchev–Trinajstić information content (AvgIpc) is 3.32. The van der Waals surface area contributed by atoms with Crippen molar-refractivity contribution in [3.63, 3.8) is 0 Å². The molecule has 2 N–H and O–H groups in total. The molecule has 0 unspecified atom stereocenters. The first-order chi connectivity index (χ1) is 13.5. The Morgan fingerprint density at radius 3 is 2.39 bits per heavy atom. The lowest BCUT2D eigenvalue weighted by Crippen LogP contribution is -2.18. The molecule has 1 amide bonds. The van der Waals surface area contributed by atoms with Gasteiger partial charge in [0.1, 0.15) is 22.0 Å². The van der Waals surface area contributed by atoms with Crippen molar-refractivity contribution in [1.29, 1.82) is 0 Å². The number of rotatable bonds is 4. The van der Waals surface area contributed by atoms with E-state index < -0.39 is 5.97 Å². The van der Waals surface area contributed by atoms with E-state index in [0.717, 1.165) is 21.8 Å². The Morgan fingerprint density at radius 2 is 1.75 bits per heavy atom. The van der Waals surface area contributed by atoms with Crippen molar-refractivity contribution in [2.45, 2.75) is 0 Å². The number of carbonyl (C=O) groups is 2. The monoisotopic (exact) mass is 395 g/mol. The highest BCUT2D eigenvalue weighted by Crippen LogP contribution is 2.37. The molecule has 2 aromatic carbocycles. The fourth-order valence-corrected chi connectivity index (χ4v) is 3.86. The number of amides is 1. The first-order valence-electron chi connectivity index (χ1n) is 8.36. The van der Waals surface area contributed by atoms with Crippen LogP contribution in [0.25, 0.3) is 32.7 Å². The van der Waals surface area contributed by atoms with Crippen LogP contribution in [-0.4, -0.2) is 24.0 Å². The number of benzene rings is 2. The van der Waals surface area contributed by atoms with Gasteiger partial charge in [-0.1, -0.05) is 0 Å². The van der Waals surface area contributed by atoms with Crippen LogP contribution in [-0.2, 0) is 0 Å². The number of furan rings is 1. The number of hydrogen-bond acceptors (Lipinski definition) is 4. The Bertz CT molecular complexity index is 1210. The summed E-state index contributed by atoms with van der Waals surface area (Å²) in [5.41, 5.74) is 2.22. The molecule has 4 aromatic rings. The van der Waals surface area contributed by atoms with Crippen molar-refractivity contribution in [2.75, 3.05) is 7.05 Å². The third kappa shape index (κ3) is 3.05. The number of halogens is 1. The van der Waals surface area contributed by atoms with Gasteiger partial charge >= 0.3 is 5.97 Å². The van der Waals surface area contributed by atoms with Crippen molar-refractivity contribution in [3.05, 3.63) is 70.9 Å². The molecule has 0 atom stereocenters. The molecule has 0 fully saturated rings. The van der Waals surface area contributed by atoms with E-state index in [-0.39, 0.29) is 16.6 Å². The number of aromatic carboxylic acids is 1. The van der Waals surface area contributed by atoms with Crippen LogP contribution in [0.2, 0.25) is 0 Å². The van der Waals surface area contributed by atoms with E-state index in [2.05, 4.69) is 5.32 Å². The predicted molar refractivity (Wildman–Crippen MR) is 105 cm³/mol. The van der Waals surface area contributed by atoms with Gasteiger partial charge in [-0.2, -0.15) is 0 Å². The third-order valence-corrected chi connectivity index (χ3v) is 5.47. The van der Waals surface area contributed by atoms with Gasteiger partial charge in [-0.3, -0.25) is 4.79 Å². The normalized spacial score (nSPS) is 10.9. The van der Waals surface area contributed by atoms with Gasteiger partial charge in [0.2, 0.25) is 0 Å². The van der Waals surface area contributed by atoms with Crippen molar-refractivity contribution in [2.24, 2.45) is 0 Å². The van der Waals surface area contributed by atoms with Gasteiger partial charge in [0.15, 0.2) is 0 Å². The highest BCUT2D eigenvalue weighted by molar-refractivity contribution is 7.17. The Labute approximate surface area is 163 Å². The summed E-state index contributed by atoms with van der Waals surface area (Å²) in [6.45, 7) is 0. The molecule has 0 bridgehead atoms. The molecule has 0 aliphatic rings. The molecule has 0 spiro atoms. The Hall–Kier alpha value is -3.45. The van der Waals surface area contributed by atoms with Crippen LogP contribution in [0, 0.1) is 5.82 Å². The molecule has 7 heteroatoms. The van der Waals surface area contributed by atoms with Crippen molar-refractivity contribution in [3.8, 4) is 21.8 Å². The summed E-state index contributed by atoms with van der Waals surface area (Å²) < 4.78 is 19.2. The van der Waals surface area contributed by atoms with Crippen molar-refractivity contribution in [1.82, 2.24) is 5.32 Å². The summed E-state index contributed by atoms with van der Waals surface area (Å²) >= 11 is 1.16. The van der Waals surface area contributed by atoms with E-state index in [9.17, 15) is 14.0 Å². The van der Waals surface area contributed by atoms with Gasteiger partial charge in [0.05, 0.1) is 5.56 Å². The lowest BCUT2D eigenvalue weighted by atomic mass is 10.0. The van der Waals surface area contributed by atoms with Gasteiger partial charge < -0.3 is 14.8 Å². The maximum atomic E-state index is 13.3. The van der Waals surface area contributed by atoms with Crippen LogP contribution in [0.4, 0.5) is 4.39 Å². The molecule has 140 valence electrons. The number of hydrogen-bond donors (Lipinski definition) is 2. The minimum Gasteiger partial charge on any atom is -0.477 e. The molecule has 4 rings (SSSR count). The summed E-state index contributed by atoms with van der Waals surface area (Å²) in [5, 5.41) is 12.3. The van der Waals surface area contributed by atoms with E-state index in [1.54, 1.807) is 36.4 Å². The van der Waals surface area contributed by atoms with Crippen molar-refractivity contribution < 1.29 is 23.5 Å². The molecule has 28 heavy (non-hydrogen) atoms. The first-order valence-corrected chi connectivity index (χ1v) is 9.17. The van der Waals surface area contributed by atoms with Gasteiger partial charge in [0.25, 0.3) is 5.91 Å². The maximum absolute atomic E-state index is 13.3. The minimum absolute atomic E-state index is 0.237. The maximum Gasteiger partial charge on any atom is 0.345 e. The van der Waals surface area contributed by atoms with Crippen LogP contribution in [0.3, 0.4) is 0 Å². The zero-order valence-electron chi connectivity index (χ0n) is 14.7. The molecule has 0 saturated heterocycles. The number of nitrogens with one attached hydrogen (secondary N) is 1. The molecular formula is C21H14FNO4S. The summed E-state index contributed by atoms with van der Waals surface area (Å²) in [6, 6.07) is 14.4. The highest BCUT2D eigenvalue weighted by atomic mass is 32.1. The van der Waals surface area contributed by atoms with Crippen LogP contribution in [0.5, 0.6) is 0 Å². The zero-order valence-corrected chi connectivity index (χ0v) is 15.5. The first kappa shape index (κ1) is 17.9. The van der Waals surface area contributed by atoms with E-state index in [0.29, 0.717) is 27.9 Å². The minimum atomic E-state index is -0.981. The number of fused-ring (bicyclic) bond motifs is 1. The summed E-state index contributed by atoms with van der Waals surface area (Å²) in [5.74, 6) is -1.34. The lowest BCUT2D eigenvalue weighted by Gasteiger charge is -2.03. The number of carbonyl (C=O) groups excluding carboxylic acids is 1. The smallest absolute Gasteiger partial charge is 0.345 e. The lowest BCUT2D eigenvalue weighted by molar-refractivity contribution is 0.0702. The van der Waals surface area contributed by atoms with Crippen LogP contribution in [0.15, 0.2) is 59.0 Å². The molecule has 0 aliphatic carbocycles. The average molecular weight is 395 g/mol. The second-order valence-corrected chi connectivity index (χ2v) is 7.16. The van der Waals surface area contributed by atoms with Gasteiger partial charge in [0, 0.05) is 22.9 Å². The number of carboxylic acids is 1. The quantitative estimate of drug-likeness (QED) is 0.508. The molecule has 0 radical (unpaired) electrons. The fraction of sp³-hybridized carbons (Fsp3) is 0.0476. The second-order valence-electron chi connectivity index (χ2n) is 6.07. The van der Waals surface area contributed by atoms with Gasteiger partial charge in [-0.05, 0) is 60.2 Å². The molecule has 0 aliphatic heterocycles. The third-order valence-electron chi connectivity index (χ3n) is 4.35. The molecule has 0 saturated carbocycles. The van der Waals surface area contributed by atoms with E-state index in [4.69, 9.17) is 9.52 Å². The van der Waals surface area contributed by atoms with Crippen LogP contribution in [0.1, 0.15) is 20.0 Å². The predicted octanol–water partition coefficient (Wildman–Crippen LogP) is 5.03.